The molecule has 6 heteroatoms. The first-order chi connectivity index (χ1) is 10.4. The zero-order valence-electron chi connectivity index (χ0n) is 11.4. The number of amides is 1. The Labute approximate surface area is 137 Å². The summed E-state index contributed by atoms with van der Waals surface area (Å²) in [7, 11) is 0. The van der Waals surface area contributed by atoms with Gasteiger partial charge in [0.05, 0.1) is 0 Å². The summed E-state index contributed by atoms with van der Waals surface area (Å²) in [4.78, 5) is 24.2. The molecule has 0 aliphatic carbocycles. The smallest absolute Gasteiger partial charge is 0.253 e. The summed E-state index contributed by atoms with van der Waals surface area (Å²) in [5.41, 5.74) is 0.554. The molecule has 22 heavy (non-hydrogen) atoms. The van der Waals surface area contributed by atoms with E-state index >= 15 is 0 Å². The van der Waals surface area contributed by atoms with Gasteiger partial charge in [-0.25, -0.2) is 0 Å². The van der Waals surface area contributed by atoms with E-state index in [4.69, 9.17) is 23.2 Å². The van der Waals surface area contributed by atoms with Gasteiger partial charge in [0, 0.05) is 11.1 Å². The number of Topliss-reactive ketones (excluding diaryl/α,β-unsaturated/α-hetero) is 1. The number of rotatable bonds is 5. The van der Waals surface area contributed by atoms with E-state index < -0.39 is 22.3 Å². The Morgan fingerprint density at radius 2 is 1.36 bits per heavy atom. The maximum Gasteiger partial charge on any atom is 0.253 e. The normalized spacial score (nSPS) is 12.5. The van der Waals surface area contributed by atoms with Crippen LogP contribution >= 0.6 is 23.2 Å². The Morgan fingerprint density at radius 1 is 0.909 bits per heavy atom. The molecule has 0 fully saturated rings. The second-order valence-electron chi connectivity index (χ2n) is 4.56. The Hall–Kier alpha value is -1.88. The summed E-state index contributed by atoms with van der Waals surface area (Å²) in [6.07, 6.45) is -1.75. The summed E-state index contributed by atoms with van der Waals surface area (Å²) in [6, 6.07) is 16.3. The van der Waals surface area contributed by atoms with Crippen LogP contribution in [0.2, 0.25) is 0 Å². The van der Waals surface area contributed by atoms with E-state index in [0.717, 1.165) is 0 Å². The van der Waals surface area contributed by atoms with Crippen LogP contribution in [0.25, 0.3) is 0 Å². The van der Waals surface area contributed by atoms with Crippen LogP contribution < -0.4 is 5.32 Å². The lowest BCUT2D eigenvalue weighted by molar-refractivity contribution is 0.0677. The fourth-order valence-corrected chi connectivity index (χ4v) is 2.12. The molecule has 0 saturated carbocycles. The van der Waals surface area contributed by atoms with Crippen LogP contribution in [0.3, 0.4) is 0 Å². The van der Waals surface area contributed by atoms with Crippen LogP contribution in [-0.4, -0.2) is 27.4 Å². The first-order valence-electron chi connectivity index (χ1n) is 6.44. The largest absolute Gasteiger partial charge is 0.370 e. The third kappa shape index (κ3) is 3.65. The molecule has 1 unspecified atom stereocenters. The van der Waals surface area contributed by atoms with Gasteiger partial charge in [0.15, 0.2) is 6.23 Å². The van der Waals surface area contributed by atoms with Crippen LogP contribution in [0.15, 0.2) is 60.7 Å². The molecule has 2 aromatic carbocycles. The van der Waals surface area contributed by atoms with Gasteiger partial charge in [0.1, 0.15) is 0 Å². The first kappa shape index (κ1) is 16.5. The number of ketones is 1. The maximum atomic E-state index is 12.3. The van der Waals surface area contributed by atoms with Crippen LogP contribution in [0.4, 0.5) is 0 Å². The molecule has 0 aliphatic rings. The molecule has 0 spiro atoms. The molecule has 2 aromatic rings. The molecule has 0 radical (unpaired) electrons. The Balaban J connectivity index is 2.12. The topological polar surface area (TPSA) is 66.4 Å². The van der Waals surface area contributed by atoms with Crippen molar-refractivity contribution in [3.8, 4) is 0 Å². The first-order valence-corrected chi connectivity index (χ1v) is 7.20. The number of hydrogen-bond acceptors (Lipinski definition) is 3. The van der Waals surface area contributed by atoms with Crippen LogP contribution in [0.5, 0.6) is 0 Å². The second kappa shape index (κ2) is 6.92. The molecular weight excluding hydrogens is 325 g/mol. The average Bonchev–Trinajstić information content (AvgIpc) is 2.55. The highest BCUT2D eigenvalue weighted by Gasteiger charge is 2.43. The van der Waals surface area contributed by atoms with Crippen LogP contribution in [0.1, 0.15) is 20.7 Å². The summed E-state index contributed by atoms with van der Waals surface area (Å²) in [6.45, 7) is 0. The molecule has 114 valence electrons. The van der Waals surface area contributed by atoms with Gasteiger partial charge in [0.2, 0.25) is 10.1 Å². The molecule has 0 aliphatic heterocycles. The Kier molecular flexibility index (Phi) is 5.19. The van der Waals surface area contributed by atoms with E-state index in [1.165, 1.54) is 12.1 Å². The van der Waals surface area contributed by atoms with Crippen LogP contribution in [-0.2, 0) is 0 Å². The lowest BCUT2D eigenvalue weighted by atomic mass is 10.1. The number of nitrogens with one attached hydrogen (secondary N) is 1. The predicted molar refractivity (Wildman–Crippen MR) is 85.1 cm³/mol. The molecule has 2 N–H and O–H groups in total. The van der Waals surface area contributed by atoms with Gasteiger partial charge in [-0.05, 0) is 12.1 Å². The minimum atomic E-state index is -2.19. The van der Waals surface area contributed by atoms with E-state index in [-0.39, 0.29) is 5.56 Å². The van der Waals surface area contributed by atoms with Crippen molar-refractivity contribution in [3.05, 3.63) is 71.8 Å². The number of aliphatic hydroxyl groups is 1. The summed E-state index contributed by atoms with van der Waals surface area (Å²) >= 11 is 11.9. The summed E-state index contributed by atoms with van der Waals surface area (Å²) in [5.74, 6) is -1.28. The minimum absolute atomic E-state index is 0.237. The van der Waals surface area contributed by atoms with Crippen molar-refractivity contribution in [1.82, 2.24) is 5.32 Å². The van der Waals surface area contributed by atoms with Gasteiger partial charge in [-0.15, -0.1) is 0 Å². The van der Waals surface area contributed by atoms with E-state index in [1.54, 1.807) is 48.5 Å². The molecule has 0 aromatic heterocycles. The van der Waals surface area contributed by atoms with E-state index in [1.807, 2.05) is 0 Å². The van der Waals surface area contributed by atoms with E-state index in [0.29, 0.717) is 5.56 Å². The highest BCUT2D eigenvalue weighted by Crippen LogP contribution is 2.29. The second-order valence-corrected chi connectivity index (χ2v) is 5.95. The molecule has 2 rings (SSSR count). The third-order valence-electron chi connectivity index (χ3n) is 2.99. The molecule has 0 heterocycles. The molecule has 1 atom stereocenters. The molecule has 0 saturated heterocycles. The van der Waals surface area contributed by atoms with Gasteiger partial charge in [-0.3, -0.25) is 9.59 Å². The van der Waals surface area contributed by atoms with Crippen LogP contribution in [0, 0.1) is 0 Å². The van der Waals surface area contributed by atoms with Crippen molar-refractivity contribution in [2.75, 3.05) is 0 Å². The van der Waals surface area contributed by atoms with Gasteiger partial charge in [-0.2, -0.15) is 0 Å². The van der Waals surface area contributed by atoms with Crippen molar-refractivity contribution < 1.29 is 14.7 Å². The zero-order chi connectivity index (χ0) is 16.2. The quantitative estimate of drug-likeness (QED) is 0.501. The highest BCUT2D eigenvalue weighted by molar-refractivity contribution is 6.60. The lowest BCUT2D eigenvalue weighted by Crippen LogP contribution is -2.50. The van der Waals surface area contributed by atoms with Crippen molar-refractivity contribution >= 4 is 34.9 Å². The Bertz CT molecular complexity index is 660. The fraction of sp³-hybridized carbons (Fsp3) is 0.125. The van der Waals surface area contributed by atoms with Crippen molar-refractivity contribution in [3.63, 3.8) is 0 Å². The number of carbonyl (C=O) groups is 2. The monoisotopic (exact) mass is 337 g/mol. The van der Waals surface area contributed by atoms with E-state index in [9.17, 15) is 14.7 Å². The Morgan fingerprint density at radius 3 is 1.86 bits per heavy atom. The van der Waals surface area contributed by atoms with Crippen molar-refractivity contribution in [2.45, 2.75) is 10.6 Å². The van der Waals surface area contributed by atoms with Gasteiger partial charge >= 0.3 is 0 Å². The van der Waals surface area contributed by atoms with Gasteiger partial charge < -0.3 is 10.4 Å². The number of benzene rings is 2. The number of alkyl halides is 2. The number of aliphatic hydroxyl groups excluding tert-OH is 1. The zero-order valence-corrected chi connectivity index (χ0v) is 12.9. The molecule has 4 nitrogen and oxygen atoms in total. The standard InChI is InChI=1S/C16H13Cl2NO3/c17-16(18,13(20)11-7-3-1-4-8-11)15(22)19-14(21)12-9-5-2-6-10-12/h1-10,15,22H,(H,19,21). The summed E-state index contributed by atoms with van der Waals surface area (Å²) < 4.78 is -2.19. The maximum absolute atomic E-state index is 12.3. The molecular formula is C16H13Cl2NO3. The van der Waals surface area contributed by atoms with Crippen molar-refractivity contribution in [2.24, 2.45) is 0 Å². The SMILES string of the molecule is O=C(NC(O)C(Cl)(Cl)C(=O)c1ccccc1)c1ccccc1. The fourth-order valence-electron chi connectivity index (χ4n) is 1.79. The average molecular weight is 338 g/mol. The van der Waals surface area contributed by atoms with Gasteiger partial charge in [0.25, 0.3) is 5.91 Å². The predicted octanol–water partition coefficient (Wildman–Crippen LogP) is 2.79. The minimum Gasteiger partial charge on any atom is -0.370 e. The number of carbonyl (C=O) groups excluding carboxylic acids is 2. The summed E-state index contributed by atoms with van der Waals surface area (Å²) in [5, 5.41) is 12.2. The molecule has 1 amide bonds. The number of halogens is 2. The number of hydrogen-bond donors (Lipinski definition) is 2. The lowest BCUT2D eigenvalue weighted by Gasteiger charge is -2.25. The van der Waals surface area contributed by atoms with Gasteiger partial charge in [-0.1, -0.05) is 71.7 Å². The highest BCUT2D eigenvalue weighted by atomic mass is 35.5. The van der Waals surface area contributed by atoms with E-state index in [2.05, 4.69) is 5.32 Å². The third-order valence-corrected chi connectivity index (χ3v) is 3.74. The molecule has 0 bridgehead atoms. The van der Waals surface area contributed by atoms with Crippen molar-refractivity contribution in [1.29, 1.82) is 0 Å².